The number of nitrogens with one attached hydrogen (secondary N) is 1. The second-order valence-electron chi connectivity index (χ2n) is 5.67. The molecule has 2 aromatic carbocycles. The van der Waals surface area contributed by atoms with Gasteiger partial charge in [0.25, 0.3) is 0 Å². The molecular weight excluding hydrogens is 355 g/mol. The molecule has 0 spiro atoms. The summed E-state index contributed by atoms with van der Waals surface area (Å²) in [7, 11) is 1.24. The monoisotopic (exact) mass is 372 g/mol. The van der Waals surface area contributed by atoms with E-state index in [2.05, 4.69) is 15.0 Å². The molecule has 0 bridgehead atoms. The number of aliphatic imine (C=N–C) groups is 1. The Morgan fingerprint density at radius 3 is 2.74 bits per heavy atom. The molecule has 1 atom stereocenters. The summed E-state index contributed by atoms with van der Waals surface area (Å²) in [4.78, 5) is 27.3. The van der Waals surface area contributed by atoms with Crippen molar-refractivity contribution in [2.75, 3.05) is 19.0 Å². The third kappa shape index (κ3) is 4.60. The van der Waals surface area contributed by atoms with Crippen LogP contribution in [-0.2, 0) is 25.6 Å². The van der Waals surface area contributed by atoms with Crippen LogP contribution in [0, 0.1) is 5.82 Å². The first-order chi connectivity index (χ1) is 13.1. The summed E-state index contributed by atoms with van der Waals surface area (Å²) in [6.07, 6.45) is -0.703. The van der Waals surface area contributed by atoms with E-state index in [0.29, 0.717) is 0 Å². The highest BCUT2D eigenvalue weighted by Crippen LogP contribution is 2.20. The predicted molar refractivity (Wildman–Crippen MR) is 94.9 cm³/mol. The molecule has 8 heteroatoms. The summed E-state index contributed by atoms with van der Waals surface area (Å²) in [5.74, 6) is -1.19. The van der Waals surface area contributed by atoms with Crippen LogP contribution < -0.4 is 5.32 Å². The first-order valence-corrected chi connectivity index (χ1v) is 8.13. The lowest BCUT2D eigenvalue weighted by Crippen LogP contribution is -2.21. The Morgan fingerprint density at radius 1 is 1.26 bits per heavy atom. The van der Waals surface area contributed by atoms with Crippen molar-refractivity contribution in [1.82, 2.24) is 0 Å². The van der Waals surface area contributed by atoms with Gasteiger partial charge in [0.1, 0.15) is 19.0 Å². The van der Waals surface area contributed by atoms with Crippen LogP contribution in [0.15, 0.2) is 53.5 Å². The maximum absolute atomic E-state index is 14.3. The van der Waals surface area contributed by atoms with E-state index in [1.807, 2.05) is 30.3 Å². The second kappa shape index (κ2) is 8.31. The van der Waals surface area contributed by atoms with Crippen LogP contribution in [0.2, 0.25) is 0 Å². The van der Waals surface area contributed by atoms with Gasteiger partial charge in [0, 0.05) is 5.69 Å². The Kier molecular flexibility index (Phi) is 5.65. The Balaban J connectivity index is 1.61. The predicted octanol–water partition coefficient (Wildman–Crippen LogP) is 2.89. The largest absolute Gasteiger partial charge is 0.474 e. The van der Waals surface area contributed by atoms with E-state index in [-0.39, 0.29) is 30.4 Å². The minimum Gasteiger partial charge on any atom is -0.474 e. The van der Waals surface area contributed by atoms with Gasteiger partial charge in [-0.1, -0.05) is 30.3 Å². The molecule has 1 unspecified atom stereocenters. The number of benzene rings is 2. The lowest BCUT2D eigenvalue weighted by atomic mass is 10.2. The van der Waals surface area contributed by atoms with Crippen molar-refractivity contribution >= 4 is 23.6 Å². The molecule has 2 aromatic rings. The van der Waals surface area contributed by atoms with Crippen LogP contribution in [0.25, 0.3) is 0 Å². The highest BCUT2D eigenvalue weighted by atomic mass is 19.1. The average Bonchev–Trinajstić information content (AvgIpc) is 3.16. The first kappa shape index (κ1) is 18.4. The number of hydrogen-bond donors (Lipinski definition) is 1. The number of ether oxygens (including phenoxy) is 3. The highest BCUT2D eigenvalue weighted by Gasteiger charge is 2.28. The molecule has 27 heavy (non-hydrogen) atoms. The quantitative estimate of drug-likeness (QED) is 0.816. The first-order valence-electron chi connectivity index (χ1n) is 8.13. The number of anilines is 1. The van der Waals surface area contributed by atoms with Gasteiger partial charge in [-0.25, -0.2) is 19.0 Å². The van der Waals surface area contributed by atoms with Crippen LogP contribution >= 0.6 is 0 Å². The van der Waals surface area contributed by atoms with Gasteiger partial charge in [-0.2, -0.15) is 0 Å². The summed E-state index contributed by atoms with van der Waals surface area (Å²) < 4.78 is 29.3. The van der Waals surface area contributed by atoms with E-state index in [0.717, 1.165) is 11.6 Å². The zero-order valence-corrected chi connectivity index (χ0v) is 14.5. The molecular formula is C19H17FN2O5. The Bertz CT molecular complexity index is 870. The number of amides is 1. The summed E-state index contributed by atoms with van der Waals surface area (Å²) in [5, 5.41) is 2.45. The van der Waals surface area contributed by atoms with Crippen molar-refractivity contribution in [1.29, 1.82) is 0 Å². The molecule has 1 heterocycles. The number of carbonyl (C=O) groups excluding carboxylic acids is 2. The average molecular weight is 372 g/mol. The Labute approximate surface area is 154 Å². The van der Waals surface area contributed by atoms with Gasteiger partial charge in [-0.3, -0.25) is 5.32 Å². The zero-order valence-electron chi connectivity index (χ0n) is 14.5. The van der Waals surface area contributed by atoms with Crippen LogP contribution in [0.3, 0.4) is 0 Å². The number of rotatable bonds is 5. The minimum atomic E-state index is -0.810. The molecule has 0 aliphatic carbocycles. The van der Waals surface area contributed by atoms with Gasteiger partial charge in [-0.15, -0.1) is 0 Å². The van der Waals surface area contributed by atoms with Gasteiger partial charge >= 0.3 is 12.1 Å². The fourth-order valence-corrected chi connectivity index (χ4v) is 2.42. The van der Waals surface area contributed by atoms with Gasteiger partial charge in [0.15, 0.2) is 6.04 Å². The molecule has 0 saturated heterocycles. The van der Waals surface area contributed by atoms with Crippen molar-refractivity contribution in [3.05, 3.63) is 65.5 Å². The van der Waals surface area contributed by atoms with E-state index in [4.69, 9.17) is 9.47 Å². The lowest BCUT2D eigenvalue weighted by molar-refractivity contribution is -0.142. The lowest BCUT2D eigenvalue weighted by Gasteiger charge is -2.09. The minimum absolute atomic E-state index is 0.00669. The molecule has 0 fully saturated rings. The highest BCUT2D eigenvalue weighted by molar-refractivity contribution is 5.98. The number of methoxy groups -OCH3 is 1. The summed E-state index contributed by atoms with van der Waals surface area (Å²) >= 11 is 0. The molecule has 1 aliphatic heterocycles. The second-order valence-corrected chi connectivity index (χ2v) is 5.67. The smallest absolute Gasteiger partial charge is 0.411 e. The molecule has 1 amide bonds. The van der Waals surface area contributed by atoms with Crippen molar-refractivity contribution in [3.8, 4) is 0 Å². The molecule has 7 nitrogen and oxygen atoms in total. The number of nitrogens with zero attached hydrogens (tertiary/aromatic N) is 1. The van der Waals surface area contributed by atoms with Crippen LogP contribution in [0.5, 0.6) is 0 Å². The third-order valence-corrected chi connectivity index (χ3v) is 3.78. The summed E-state index contributed by atoms with van der Waals surface area (Å²) in [5.41, 5.74) is 1.15. The van der Waals surface area contributed by atoms with Crippen LogP contribution in [-0.4, -0.2) is 37.7 Å². The van der Waals surface area contributed by atoms with E-state index in [1.165, 1.54) is 19.2 Å². The van der Waals surface area contributed by atoms with Crippen molar-refractivity contribution in [3.63, 3.8) is 0 Å². The standard InChI is InChI=1S/C19H17FN2O5/c1-25-18(23)16-11-26-17(22-16)14-8-7-13(9-15(14)20)21-19(24)27-10-12-5-3-2-4-6-12/h2-9,16H,10-11H2,1H3,(H,21,24). The normalized spacial score (nSPS) is 15.5. The van der Waals surface area contributed by atoms with Gasteiger partial charge in [-0.05, 0) is 23.8 Å². The molecule has 0 radical (unpaired) electrons. The van der Waals surface area contributed by atoms with E-state index in [1.54, 1.807) is 0 Å². The van der Waals surface area contributed by atoms with Crippen LogP contribution in [0.4, 0.5) is 14.9 Å². The van der Waals surface area contributed by atoms with Crippen molar-refractivity contribution in [2.24, 2.45) is 4.99 Å². The van der Waals surface area contributed by atoms with Gasteiger partial charge < -0.3 is 14.2 Å². The topological polar surface area (TPSA) is 86.2 Å². The van der Waals surface area contributed by atoms with Gasteiger partial charge in [0.2, 0.25) is 5.90 Å². The molecule has 0 aromatic heterocycles. The molecule has 0 saturated carbocycles. The SMILES string of the molecule is COC(=O)C1COC(c2ccc(NC(=O)OCc3ccccc3)cc2F)=N1. The fourth-order valence-electron chi connectivity index (χ4n) is 2.42. The van der Waals surface area contributed by atoms with E-state index in [9.17, 15) is 14.0 Å². The number of esters is 1. The maximum Gasteiger partial charge on any atom is 0.411 e. The zero-order chi connectivity index (χ0) is 19.2. The van der Waals surface area contributed by atoms with E-state index >= 15 is 0 Å². The number of hydrogen-bond acceptors (Lipinski definition) is 6. The molecule has 3 rings (SSSR count). The third-order valence-electron chi connectivity index (χ3n) is 3.78. The van der Waals surface area contributed by atoms with Crippen molar-refractivity contribution < 1.29 is 28.2 Å². The summed E-state index contributed by atoms with van der Waals surface area (Å²) in [6, 6.07) is 12.4. The maximum atomic E-state index is 14.3. The molecule has 140 valence electrons. The molecule has 1 N–H and O–H groups in total. The van der Waals surface area contributed by atoms with Crippen molar-refractivity contribution in [2.45, 2.75) is 12.6 Å². The number of halogens is 1. The Morgan fingerprint density at radius 2 is 2.04 bits per heavy atom. The van der Waals surface area contributed by atoms with E-state index < -0.39 is 23.9 Å². The molecule has 1 aliphatic rings. The number of carbonyl (C=O) groups is 2. The summed E-state index contributed by atoms with van der Waals surface area (Å²) in [6.45, 7) is 0.0973. The Hall–Kier alpha value is -3.42. The van der Waals surface area contributed by atoms with Crippen LogP contribution in [0.1, 0.15) is 11.1 Å². The van der Waals surface area contributed by atoms with Gasteiger partial charge in [0.05, 0.1) is 12.7 Å². The fraction of sp³-hybridized carbons (Fsp3) is 0.211.